The molecule has 2 rings (SSSR count). The summed E-state index contributed by atoms with van der Waals surface area (Å²) in [4.78, 5) is 2.97. The molecule has 24 heavy (non-hydrogen) atoms. The summed E-state index contributed by atoms with van der Waals surface area (Å²) in [6.45, 7) is 5.14. The Bertz CT molecular complexity index is 891. The second kappa shape index (κ2) is 5.92. The minimum absolute atomic E-state index is 0.0547. The standard InChI is InChI=1S/C13H14ClF3N4O2S/c1-6(2)8-4-7(3)9(5-10(8)24(14,22)23)21-12(18)19-11(20-21)13(15,16)17/h4-6H,1-3H3,(H2,18,19,20). The van der Waals surface area contributed by atoms with Gasteiger partial charge < -0.3 is 5.73 Å². The van der Waals surface area contributed by atoms with Crippen molar-refractivity contribution in [2.75, 3.05) is 5.73 Å². The average molecular weight is 383 g/mol. The minimum Gasteiger partial charge on any atom is -0.368 e. The summed E-state index contributed by atoms with van der Waals surface area (Å²) in [5, 5.41) is 3.33. The van der Waals surface area contributed by atoms with Crippen LogP contribution in [-0.2, 0) is 15.2 Å². The number of anilines is 1. The zero-order chi connectivity index (χ0) is 18.4. The third-order valence-electron chi connectivity index (χ3n) is 3.33. The van der Waals surface area contributed by atoms with Crippen molar-refractivity contribution in [1.82, 2.24) is 14.8 Å². The molecule has 0 aliphatic rings. The van der Waals surface area contributed by atoms with Crippen molar-refractivity contribution in [3.05, 3.63) is 29.1 Å². The van der Waals surface area contributed by atoms with Crippen LogP contribution in [0.2, 0.25) is 0 Å². The summed E-state index contributed by atoms with van der Waals surface area (Å²) in [6.07, 6.45) is -4.77. The van der Waals surface area contributed by atoms with Crippen LogP contribution >= 0.6 is 10.7 Å². The number of halogens is 4. The number of nitrogen functional groups attached to an aromatic ring is 1. The number of aromatic nitrogens is 3. The number of hydrogen-bond donors (Lipinski definition) is 1. The molecule has 0 unspecified atom stereocenters. The lowest BCUT2D eigenvalue weighted by Crippen LogP contribution is -2.10. The van der Waals surface area contributed by atoms with Crippen molar-refractivity contribution in [1.29, 1.82) is 0 Å². The van der Waals surface area contributed by atoms with Gasteiger partial charge in [-0.05, 0) is 30.0 Å². The second-order valence-corrected chi connectivity index (χ2v) is 8.01. The third-order valence-corrected chi connectivity index (χ3v) is 4.70. The molecule has 0 amide bonds. The van der Waals surface area contributed by atoms with Gasteiger partial charge >= 0.3 is 6.18 Å². The van der Waals surface area contributed by atoms with Crippen molar-refractivity contribution in [2.45, 2.75) is 37.8 Å². The van der Waals surface area contributed by atoms with Crippen LogP contribution in [0.15, 0.2) is 17.0 Å². The highest BCUT2D eigenvalue weighted by Gasteiger charge is 2.37. The molecule has 1 heterocycles. The number of benzene rings is 1. The molecule has 0 atom stereocenters. The average Bonchev–Trinajstić information content (AvgIpc) is 2.79. The van der Waals surface area contributed by atoms with E-state index in [0.717, 1.165) is 10.7 Å². The Labute approximate surface area is 140 Å². The van der Waals surface area contributed by atoms with E-state index >= 15 is 0 Å². The highest BCUT2D eigenvalue weighted by Crippen LogP contribution is 2.33. The van der Waals surface area contributed by atoms with Gasteiger partial charge in [-0.1, -0.05) is 19.9 Å². The van der Waals surface area contributed by atoms with E-state index in [1.54, 1.807) is 20.8 Å². The first kappa shape index (κ1) is 18.5. The molecule has 0 saturated carbocycles. The number of alkyl halides is 3. The lowest BCUT2D eigenvalue weighted by molar-refractivity contribution is -0.144. The molecule has 132 valence electrons. The molecule has 1 aromatic heterocycles. The van der Waals surface area contributed by atoms with Gasteiger partial charge in [0.15, 0.2) is 0 Å². The molecule has 2 N–H and O–H groups in total. The quantitative estimate of drug-likeness (QED) is 0.823. The molecule has 0 bridgehead atoms. The maximum Gasteiger partial charge on any atom is 0.453 e. The monoisotopic (exact) mass is 382 g/mol. The van der Waals surface area contributed by atoms with Gasteiger partial charge in [0.05, 0.1) is 10.6 Å². The second-order valence-electron chi connectivity index (χ2n) is 5.47. The van der Waals surface area contributed by atoms with E-state index in [0.29, 0.717) is 11.1 Å². The van der Waals surface area contributed by atoms with Crippen LogP contribution in [0.3, 0.4) is 0 Å². The fraction of sp³-hybridized carbons (Fsp3) is 0.385. The van der Waals surface area contributed by atoms with Crippen molar-refractivity contribution < 1.29 is 21.6 Å². The molecule has 2 aromatic rings. The van der Waals surface area contributed by atoms with Crippen LogP contribution in [0.5, 0.6) is 0 Å². The first-order valence-electron chi connectivity index (χ1n) is 6.71. The summed E-state index contributed by atoms with van der Waals surface area (Å²) in [6, 6.07) is 2.68. The predicted octanol–water partition coefficient (Wildman–Crippen LogP) is 3.23. The smallest absolute Gasteiger partial charge is 0.368 e. The van der Waals surface area contributed by atoms with Crippen molar-refractivity contribution in [3.8, 4) is 5.69 Å². The summed E-state index contributed by atoms with van der Waals surface area (Å²) < 4.78 is 62.5. The minimum atomic E-state index is -4.77. The van der Waals surface area contributed by atoms with Crippen molar-refractivity contribution in [3.63, 3.8) is 0 Å². The number of nitrogens with zero attached hydrogens (tertiary/aromatic N) is 3. The number of rotatable bonds is 3. The lowest BCUT2D eigenvalue weighted by Gasteiger charge is -2.15. The number of nitrogens with two attached hydrogens (primary N) is 1. The van der Waals surface area contributed by atoms with Crippen LogP contribution in [0.1, 0.15) is 36.7 Å². The first-order valence-corrected chi connectivity index (χ1v) is 9.02. The van der Waals surface area contributed by atoms with Gasteiger partial charge in [-0.15, -0.1) is 5.10 Å². The molecular formula is C13H14ClF3N4O2S. The van der Waals surface area contributed by atoms with Crippen molar-refractivity contribution in [2.24, 2.45) is 0 Å². The maximum absolute atomic E-state index is 12.7. The van der Waals surface area contributed by atoms with Gasteiger partial charge in [0.1, 0.15) is 0 Å². The Morgan fingerprint density at radius 1 is 1.29 bits per heavy atom. The lowest BCUT2D eigenvalue weighted by atomic mass is 10.00. The molecule has 1 aromatic carbocycles. The van der Waals surface area contributed by atoms with Gasteiger partial charge in [0.2, 0.25) is 5.95 Å². The van der Waals surface area contributed by atoms with E-state index in [1.165, 1.54) is 6.07 Å². The van der Waals surface area contributed by atoms with Crippen LogP contribution < -0.4 is 5.73 Å². The molecule has 0 saturated heterocycles. The van der Waals surface area contributed by atoms with E-state index in [1.807, 2.05) is 0 Å². The van der Waals surface area contributed by atoms with Gasteiger partial charge in [-0.25, -0.2) is 8.42 Å². The first-order chi connectivity index (χ1) is 10.8. The topological polar surface area (TPSA) is 90.9 Å². The zero-order valence-corrected chi connectivity index (χ0v) is 14.5. The van der Waals surface area contributed by atoms with Crippen LogP contribution in [0.25, 0.3) is 5.69 Å². The van der Waals surface area contributed by atoms with Gasteiger partial charge in [-0.3, -0.25) is 0 Å². The fourth-order valence-corrected chi connectivity index (χ4v) is 3.44. The molecule has 0 fully saturated rings. The number of aryl methyl sites for hydroxylation is 1. The molecule has 11 heteroatoms. The molecule has 0 aliphatic heterocycles. The zero-order valence-electron chi connectivity index (χ0n) is 12.9. The van der Waals surface area contributed by atoms with E-state index in [4.69, 9.17) is 16.4 Å². The van der Waals surface area contributed by atoms with Gasteiger partial charge in [0, 0.05) is 10.7 Å². The van der Waals surface area contributed by atoms with Crippen LogP contribution in [-0.4, -0.2) is 23.2 Å². The van der Waals surface area contributed by atoms with Crippen LogP contribution in [0.4, 0.5) is 19.1 Å². The highest BCUT2D eigenvalue weighted by atomic mass is 35.7. The summed E-state index contributed by atoms with van der Waals surface area (Å²) >= 11 is 0. The molecule has 6 nitrogen and oxygen atoms in total. The SMILES string of the molecule is Cc1cc(C(C)C)c(S(=O)(=O)Cl)cc1-n1nc(C(F)(F)F)nc1N. The molecular weight excluding hydrogens is 369 g/mol. The Morgan fingerprint density at radius 2 is 1.88 bits per heavy atom. The highest BCUT2D eigenvalue weighted by molar-refractivity contribution is 8.13. The van der Waals surface area contributed by atoms with E-state index in [2.05, 4.69) is 10.1 Å². The third kappa shape index (κ3) is 3.48. The predicted molar refractivity (Wildman–Crippen MR) is 82.6 cm³/mol. The van der Waals surface area contributed by atoms with Gasteiger partial charge in [-0.2, -0.15) is 22.8 Å². The molecule has 0 aliphatic carbocycles. The summed E-state index contributed by atoms with van der Waals surface area (Å²) in [5.74, 6) is -2.09. The summed E-state index contributed by atoms with van der Waals surface area (Å²) in [7, 11) is 1.34. The molecule has 0 spiro atoms. The van der Waals surface area contributed by atoms with Crippen LogP contribution in [0, 0.1) is 6.92 Å². The Morgan fingerprint density at radius 3 is 2.29 bits per heavy atom. The summed E-state index contributed by atoms with van der Waals surface area (Å²) in [5.41, 5.74) is 6.48. The number of hydrogen-bond acceptors (Lipinski definition) is 5. The van der Waals surface area contributed by atoms with E-state index < -0.39 is 27.0 Å². The van der Waals surface area contributed by atoms with Gasteiger partial charge in [0.25, 0.3) is 14.9 Å². The normalized spacial score (nSPS) is 12.8. The van der Waals surface area contributed by atoms with E-state index in [9.17, 15) is 21.6 Å². The largest absolute Gasteiger partial charge is 0.453 e. The van der Waals surface area contributed by atoms with Crippen molar-refractivity contribution >= 4 is 25.7 Å². The maximum atomic E-state index is 12.7. The Kier molecular flexibility index (Phi) is 4.57. The Balaban J connectivity index is 2.75. The Hall–Kier alpha value is -1.81. The van der Waals surface area contributed by atoms with E-state index in [-0.39, 0.29) is 16.5 Å². The fourth-order valence-electron chi connectivity index (χ4n) is 2.21. The molecule has 0 radical (unpaired) electrons.